The van der Waals surface area contributed by atoms with Gasteiger partial charge in [-0.05, 0) is 67.1 Å². The maximum atomic E-state index is 13.2. The molecule has 26 heavy (non-hydrogen) atoms. The summed E-state index contributed by atoms with van der Waals surface area (Å²) in [4.78, 5) is 12.3. The Bertz CT molecular complexity index is 778. The number of hydrogen-bond donors (Lipinski definition) is 2. The molecule has 2 atom stereocenters. The monoisotopic (exact) mass is 356 g/mol. The van der Waals surface area contributed by atoms with Crippen LogP contribution in [0, 0.1) is 18.7 Å². The van der Waals surface area contributed by atoms with Crippen LogP contribution in [0.3, 0.4) is 0 Å². The van der Waals surface area contributed by atoms with Crippen molar-refractivity contribution < 1.29 is 13.9 Å². The molecular formula is C21H25FN2O2. The number of nitrogens with two attached hydrogens (primary N) is 1. The summed E-state index contributed by atoms with van der Waals surface area (Å²) in [6.45, 7) is 2.22. The van der Waals surface area contributed by atoms with Crippen LogP contribution in [0.2, 0.25) is 0 Å². The van der Waals surface area contributed by atoms with Crippen molar-refractivity contribution in [3.05, 3.63) is 59.4 Å². The first-order valence-electron chi connectivity index (χ1n) is 9.04. The number of carbonyl (C=O) groups is 1. The third kappa shape index (κ3) is 4.82. The number of rotatable bonds is 6. The summed E-state index contributed by atoms with van der Waals surface area (Å²) in [5, 5.41) is 2.97. The highest BCUT2D eigenvalue weighted by atomic mass is 19.1. The van der Waals surface area contributed by atoms with E-state index in [0.717, 1.165) is 36.1 Å². The van der Waals surface area contributed by atoms with Gasteiger partial charge in [0.1, 0.15) is 18.2 Å². The van der Waals surface area contributed by atoms with E-state index in [2.05, 4.69) is 5.32 Å². The van der Waals surface area contributed by atoms with Gasteiger partial charge in [-0.3, -0.25) is 4.79 Å². The van der Waals surface area contributed by atoms with Gasteiger partial charge in [-0.2, -0.15) is 0 Å². The summed E-state index contributed by atoms with van der Waals surface area (Å²) < 4.78 is 18.9. The molecule has 2 aromatic carbocycles. The lowest BCUT2D eigenvalue weighted by molar-refractivity contribution is -0.117. The predicted molar refractivity (Wildman–Crippen MR) is 100 cm³/mol. The topological polar surface area (TPSA) is 64.3 Å². The Morgan fingerprint density at radius 3 is 2.81 bits per heavy atom. The Hall–Kier alpha value is -2.40. The molecule has 0 radical (unpaired) electrons. The Labute approximate surface area is 153 Å². The van der Waals surface area contributed by atoms with Gasteiger partial charge in [0, 0.05) is 18.2 Å². The fourth-order valence-corrected chi connectivity index (χ4v) is 3.42. The molecule has 1 amide bonds. The van der Waals surface area contributed by atoms with Gasteiger partial charge in [0.25, 0.3) is 0 Å². The number of hydrogen-bond acceptors (Lipinski definition) is 3. The van der Waals surface area contributed by atoms with Crippen molar-refractivity contribution in [1.82, 2.24) is 0 Å². The minimum absolute atomic E-state index is 0.00359. The van der Waals surface area contributed by atoms with Crippen LogP contribution < -0.4 is 15.8 Å². The van der Waals surface area contributed by atoms with E-state index in [0.29, 0.717) is 18.8 Å². The highest BCUT2D eigenvalue weighted by molar-refractivity contribution is 5.91. The summed E-state index contributed by atoms with van der Waals surface area (Å²) in [5.74, 6) is 0.693. The first-order valence-corrected chi connectivity index (χ1v) is 9.04. The molecular weight excluding hydrogens is 331 g/mol. The number of amides is 1. The van der Waals surface area contributed by atoms with Crippen LogP contribution in [-0.4, -0.2) is 11.9 Å². The second-order valence-electron chi connectivity index (χ2n) is 7.00. The van der Waals surface area contributed by atoms with Gasteiger partial charge >= 0.3 is 0 Å². The molecule has 0 spiro atoms. The van der Waals surface area contributed by atoms with Crippen LogP contribution in [-0.2, 0) is 11.4 Å². The van der Waals surface area contributed by atoms with E-state index < -0.39 is 0 Å². The molecule has 1 aliphatic rings. The molecule has 1 fully saturated rings. The first kappa shape index (κ1) is 18.4. The van der Waals surface area contributed by atoms with Gasteiger partial charge in [0.05, 0.1) is 0 Å². The number of benzene rings is 2. The number of halogens is 1. The molecule has 1 aliphatic carbocycles. The van der Waals surface area contributed by atoms with E-state index in [-0.39, 0.29) is 23.7 Å². The minimum atomic E-state index is -0.276. The van der Waals surface area contributed by atoms with E-state index >= 15 is 0 Å². The smallest absolute Gasteiger partial charge is 0.224 e. The lowest BCUT2D eigenvalue weighted by Gasteiger charge is -2.16. The molecule has 0 unspecified atom stereocenters. The Balaban J connectivity index is 1.56. The normalized spacial score (nSPS) is 19.3. The zero-order chi connectivity index (χ0) is 18.5. The van der Waals surface area contributed by atoms with Crippen LogP contribution in [0.4, 0.5) is 10.1 Å². The van der Waals surface area contributed by atoms with Crippen molar-refractivity contribution in [2.75, 3.05) is 5.32 Å². The van der Waals surface area contributed by atoms with Crippen LogP contribution in [0.15, 0.2) is 42.5 Å². The molecule has 3 N–H and O–H groups in total. The summed E-state index contributed by atoms with van der Waals surface area (Å²) in [7, 11) is 0. The third-order valence-electron chi connectivity index (χ3n) is 4.93. The lowest BCUT2D eigenvalue weighted by atomic mass is 10.00. The fourth-order valence-electron chi connectivity index (χ4n) is 3.42. The van der Waals surface area contributed by atoms with Gasteiger partial charge < -0.3 is 15.8 Å². The average molecular weight is 356 g/mol. The number of ether oxygens (including phenoxy) is 1. The Kier molecular flexibility index (Phi) is 5.89. The Morgan fingerprint density at radius 1 is 1.27 bits per heavy atom. The standard InChI is InChI=1S/C21H25FN2O2/c1-14-10-18(26-13-15-4-2-6-17(22)11-15)8-9-20(14)24-21(25)12-16-5-3-7-19(16)23/h2,4,6,8-11,16,19H,3,5,7,12-13,23H2,1H3,(H,24,25)/t16-,19+/m0/s1. The third-order valence-corrected chi connectivity index (χ3v) is 4.93. The van der Waals surface area contributed by atoms with Crippen LogP contribution in [0.25, 0.3) is 0 Å². The second-order valence-corrected chi connectivity index (χ2v) is 7.00. The van der Waals surface area contributed by atoms with Gasteiger partial charge in [0.2, 0.25) is 5.91 Å². The summed E-state index contributed by atoms with van der Waals surface area (Å²) in [6.07, 6.45) is 3.61. The summed E-state index contributed by atoms with van der Waals surface area (Å²) in [6, 6.07) is 12.0. The maximum absolute atomic E-state index is 13.2. The number of carbonyl (C=O) groups excluding carboxylic acids is 1. The molecule has 5 heteroatoms. The minimum Gasteiger partial charge on any atom is -0.489 e. The summed E-state index contributed by atoms with van der Waals surface area (Å²) in [5.41, 5.74) is 8.51. The molecule has 0 aromatic heterocycles. The largest absolute Gasteiger partial charge is 0.489 e. The van der Waals surface area contributed by atoms with Crippen molar-refractivity contribution >= 4 is 11.6 Å². The van der Waals surface area contributed by atoms with Crippen LogP contribution >= 0.6 is 0 Å². The number of aryl methyl sites for hydroxylation is 1. The maximum Gasteiger partial charge on any atom is 0.224 e. The number of anilines is 1. The number of nitrogens with one attached hydrogen (secondary N) is 1. The van der Waals surface area contributed by atoms with Crippen LogP contribution in [0.5, 0.6) is 5.75 Å². The van der Waals surface area contributed by atoms with Crippen molar-refractivity contribution in [3.8, 4) is 5.75 Å². The van der Waals surface area contributed by atoms with Crippen molar-refractivity contribution in [2.24, 2.45) is 11.7 Å². The molecule has 0 bridgehead atoms. The summed E-state index contributed by atoms with van der Waals surface area (Å²) >= 11 is 0. The highest BCUT2D eigenvalue weighted by Gasteiger charge is 2.26. The van der Waals surface area contributed by atoms with Gasteiger partial charge in [-0.1, -0.05) is 18.6 Å². The zero-order valence-corrected chi connectivity index (χ0v) is 15.0. The average Bonchev–Trinajstić information content (AvgIpc) is 3.00. The molecule has 0 saturated heterocycles. The quantitative estimate of drug-likeness (QED) is 0.816. The molecule has 2 aromatic rings. The predicted octanol–water partition coefficient (Wildman–Crippen LogP) is 4.17. The van der Waals surface area contributed by atoms with Crippen molar-refractivity contribution in [1.29, 1.82) is 0 Å². The second kappa shape index (κ2) is 8.32. The fraction of sp³-hybridized carbons (Fsp3) is 0.381. The van der Waals surface area contributed by atoms with E-state index in [1.165, 1.54) is 12.1 Å². The molecule has 138 valence electrons. The van der Waals surface area contributed by atoms with E-state index in [1.54, 1.807) is 6.07 Å². The van der Waals surface area contributed by atoms with Gasteiger partial charge in [-0.25, -0.2) is 4.39 Å². The molecule has 1 saturated carbocycles. The SMILES string of the molecule is Cc1cc(OCc2cccc(F)c2)ccc1NC(=O)C[C@@H]1CCC[C@H]1N. The lowest BCUT2D eigenvalue weighted by Crippen LogP contribution is -2.28. The molecule has 0 heterocycles. The molecule has 3 rings (SSSR count). The van der Waals surface area contributed by atoms with Gasteiger partial charge in [-0.15, -0.1) is 0 Å². The Morgan fingerprint density at radius 2 is 2.12 bits per heavy atom. The van der Waals surface area contributed by atoms with Crippen LogP contribution in [0.1, 0.15) is 36.8 Å². The van der Waals surface area contributed by atoms with E-state index in [9.17, 15) is 9.18 Å². The van der Waals surface area contributed by atoms with Crippen molar-refractivity contribution in [3.63, 3.8) is 0 Å². The van der Waals surface area contributed by atoms with E-state index in [1.807, 2.05) is 31.2 Å². The first-order chi connectivity index (χ1) is 12.5. The highest BCUT2D eigenvalue weighted by Crippen LogP contribution is 2.28. The van der Waals surface area contributed by atoms with Crippen molar-refractivity contribution in [2.45, 2.75) is 45.3 Å². The van der Waals surface area contributed by atoms with Gasteiger partial charge in [0.15, 0.2) is 0 Å². The molecule has 0 aliphatic heterocycles. The van der Waals surface area contributed by atoms with E-state index in [4.69, 9.17) is 10.5 Å². The zero-order valence-electron chi connectivity index (χ0n) is 15.0. The molecule has 4 nitrogen and oxygen atoms in total.